The van der Waals surface area contributed by atoms with Crippen LogP contribution < -0.4 is 5.32 Å². The second-order valence-electron chi connectivity index (χ2n) is 3.86. The lowest BCUT2D eigenvalue weighted by molar-refractivity contribution is 0.765. The Bertz CT molecular complexity index is 355. The summed E-state index contributed by atoms with van der Waals surface area (Å²) in [6.07, 6.45) is 4.27. The topological polar surface area (TPSA) is 37.8 Å². The Morgan fingerprint density at radius 1 is 1.67 bits per heavy atom. The molecule has 1 aromatic heterocycles. The SMILES string of the molecule is Cc1nc(NCC(Cl)C2CC2)ncc1Br. The fourth-order valence-corrected chi connectivity index (χ4v) is 1.87. The molecule has 1 saturated carbocycles. The predicted molar refractivity (Wildman–Crippen MR) is 65.3 cm³/mol. The number of alkyl halides is 1. The van der Waals surface area contributed by atoms with E-state index in [0.29, 0.717) is 11.9 Å². The van der Waals surface area contributed by atoms with Gasteiger partial charge in [-0.05, 0) is 41.6 Å². The van der Waals surface area contributed by atoms with Crippen molar-refractivity contribution in [1.29, 1.82) is 0 Å². The molecule has 0 bridgehead atoms. The molecule has 1 aromatic rings. The minimum Gasteiger partial charge on any atom is -0.353 e. The normalized spacial score (nSPS) is 17.5. The molecule has 1 heterocycles. The largest absolute Gasteiger partial charge is 0.353 e. The predicted octanol–water partition coefficient (Wildman–Crippen LogP) is 2.98. The lowest BCUT2D eigenvalue weighted by Gasteiger charge is -2.09. The van der Waals surface area contributed by atoms with Crippen LogP contribution in [0.2, 0.25) is 0 Å². The number of nitrogens with zero attached hydrogens (tertiary/aromatic N) is 2. The number of halogens is 2. The van der Waals surface area contributed by atoms with E-state index in [1.807, 2.05) is 6.92 Å². The Kier molecular flexibility index (Phi) is 3.46. The Morgan fingerprint density at radius 3 is 3.00 bits per heavy atom. The van der Waals surface area contributed by atoms with Crippen LogP contribution in [0.25, 0.3) is 0 Å². The summed E-state index contributed by atoms with van der Waals surface area (Å²) in [5.74, 6) is 1.35. The highest BCUT2D eigenvalue weighted by Crippen LogP contribution is 2.35. The molecule has 0 aromatic carbocycles. The van der Waals surface area contributed by atoms with Crippen LogP contribution in [0.4, 0.5) is 5.95 Å². The van der Waals surface area contributed by atoms with Crippen LogP contribution in [-0.2, 0) is 0 Å². The average molecular weight is 291 g/mol. The summed E-state index contributed by atoms with van der Waals surface area (Å²) in [7, 11) is 0. The fourth-order valence-electron chi connectivity index (χ4n) is 1.35. The van der Waals surface area contributed by atoms with Gasteiger partial charge in [0.05, 0.1) is 15.5 Å². The molecule has 1 aliphatic rings. The van der Waals surface area contributed by atoms with Crippen LogP contribution in [0.15, 0.2) is 10.7 Å². The summed E-state index contributed by atoms with van der Waals surface area (Å²) in [6, 6.07) is 0. The van der Waals surface area contributed by atoms with E-state index >= 15 is 0 Å². The van der Waals surface area contributed by atoms with Crippen LogP contribution in [0.5, 0.6) is 0 Å². The number of aromatic nitrogens is 2. The van der Waals surface area contributed by atoms with Gasteiger partial charge in [0.15, 0.2) is 0 Å². The van der Waals surface area contributed by atoms with E-state index in [1.54, 1.807) is 6.20 Å². The minimum atomic E-state index is 0.206. The zero-order valence-electron chi connectivity index (χ0n) is 8.50. The zero-order chi connectivity index (χ0) is 10.8. The smallest absolute Gasteiger partial charge is 0.222 e. The molecule has 0 aliphatic heterocycles. The fraction of sp³-hybridized carbons (Fsp3) is 0.600. The van der Waals surface area contributed by atoms with Gasteiger partial charge in [0.25, 0.3) is 0 Å². The maximum atomic E-state index is 6.17. The first-order valence-electron chi connectivity index (χ1n) is 5.04. The summed E-state index contributed by atoms with van der Waals surface area (Å²) in [6.45, 7) is 2.68. The monoisotopic (exact) mass is 289 g/mol. The third kappa shape index (κ3) is 3.05. The first-order chi connectivity index (χ1) is 7.16. The number of rotatable bonds is 4. The van der Waals surface area contributed by atoms with Crippen LogP contribution >= 0.6 is 27.5 Å². The second-order valence-corrected chi connectivity index (χ2v) is 5.28. The van der Waals surface area contributed by atoms with E-state index < -0.39 is 0 Å². The molecule has 1 aliphatic carbocycles. The van der Waals surface area contributed by atoms with Gasteiger partial charge in [-0.1, -0.05) is 0 Å². The van der Waals surface area contributed by atoms with Gasteiger partial charge in [0.1, 0.15) is 0 Å². The van der Waals surface area contributed by atoms with E-state index in [2.05, 4.69) is 31.2 Å². The Balaban J connectivity index is 1.89. The van der Waals surface area contributed by atoms with Crippen molar-refractivity contribution in [3.05, 3.63) is 16.4 Å². The molecule has 0 amide bonds. The highest BCUT2D eigenvalue weighted by molar-refractivity contribution is 9.10. The summed E-state index contributed by atoms with van der Waals surface area (Å²) < 4.78 is 0.928. The summed E-state index contributed by atoms with van der Waals surface area (Å²) in [4.78, 5) is 8.46. The highest BCUT2D eigenvalue weighted by atomic mass is 79.9. The number of anilines is 1. The first kappa shape index (κ1) is 11.1. The standard InChI is InChI=1S/C10H13BrClN3/c1-6-8(11)4-13-10(15-6)14-5-9(12)7-2-3-7/h4,7,9H,2-3,5H2,1H3,(H,13,14,15). The molecule has 1 fully saturated rings. The van der Waals surface area contributed by atoms with Crippen molar-refractivity contribution in [3.63, 3.8) is 0 Å². The summed E-state index contributed by atoms with van der Waals surface area (Å²) in [5.41, 5.74) is 0.935. The maximum Gasteiger partial charge on any atom is 0.222 e. The van der Waals surface area contributed by atoms with Crippen LogP contribution in [0.1, 0.15) is 18.5 Å². The van der Waals surface area contributed by atoms with Crippen molar-refractivity contribution in [2.24, 2.45) is 5.92 Å². The molecule has 5 heteroatoms. The van der Waals surface area contributed by atoms with E-state index in [9.17, 15) is 0 Å². The van der Waals surface area contributed by atoms with Gasteiger partial charge in [-0.15, -0.1) is 11.6 Å². The van der Waals surface area contributed by atoms with Crippen molar-refractivity contribution in [1.82, 2.24) is 9.97 Å². The van der Waals surface area contributed by atoms with Crippen LogP contribution in [0.3, 0.4) is 0 Å². The van der Waals surface area contributed by atoms with Crippen molar-refractivity contribution in [2.45, 2.75) is 25.1 Å². The van der Waals surface area contributed by atoms with Crippen molar-refractivity contribution < 1.29 is 0 Å². The molecule has 1 N–H and O–H groups in total. The van der Waals surface area contributed by atoms with Crippen LogP contribution in [-0.4, -0.2) is 21.9 Å². The van der Waals surface area contributed by atoms with Crippen molar-refractivity contribution >= 4 is 33.5 Å². The van der Waals surface area contributed by atoms with Crippen LogP contribution in [0, 0.1) is 12.8 Å². The molecule has 0 spiro atoms. The molecule has 3 nitrogen and oxygen atoms in total. The lowest BCUT2D eigenvalue weighted by Crippen LogP contribution is -2.17. The molecule has 0 radical (unpaired) electrons. The maximum absolute atomic E-state index is 6.17. The van der Waals surface area contributed by atoms with E-state index in [4.69, 9.17) is 11.6 Å². The molecule has 0 saturated heterocycles. The van der Waals surface area contributed by atoms with Gasteiger partial charge in [-0.3, -0.25) is 0 Å². The van der Waals surface area contributed by atoms with E-state index in [1.165, 1.54) is 12.8 Å². The van der Waals surface area contributed by atoms with E-state index in [-0.39, 0.29) is 5.38 Å². The molecule has 1 atom stereocenters. The lowest BCUT2D eigenvalue weighted by atomic mass is 10.3. The van der Waals surface area contributed by atoms with Gasteiger partial charge in [-0.2, -0.15) is 0 Å². The number of hydrogen-bond acceptors (Lipinski definition) is 3. The molecule has 1 unspecified atom stereocenters. The van der Waals surface area contributed by atoms with Gasteiger partial charge < -0.3 is 5.32 Å². The number of hydrogen-bond donors (Lipinski definition) is 1. The Labute approximate surface area is 103 Å². The third-order valence-corrected chi connectivity index (χ3v) is 3.80. The number of nitrogens with one attached hydrogen (secondary N) is 1. The zero-order valence-corrected chi connectivity index (χ0v) is 10.8. The minimum absolute atomic E-state index is 0.206. The van der Waals surface area contributed by atoms with Gasteiger partial charge in [0.2, 0.25) is 5.95 Å². The molecule has 2 rings (SSSR count). The third-order valence-electron chi connectivity index (χ3n) is 2.51. The number of aryl methyl sites for hydroxylation is 1. The molecular formula is C10H13BrClN3. The Morgan fingerprint density at radius 2 is 2.40 bits per heavy atom. The molecule has 15 heavy (non-hydrogen) atoms. The average Bonchev–Trinajstić information content (AvgIpc) is 3.03. The van der Waals surface area contributed by atoms with Gasteiger partial charge >= 0.3 is 0 Å². The highest BCUT2D eigenvalue weighted by Gasteiger charge is 2.29. The van der Waals surface area contributed by atoms with E-state index in [0.717, 1.165) is 16.7 Å². The quantitative estimate of drug-likeness (QED) is 0.866. The summed E-state index contributed by atoms with van der Waals surface area (Å²) in [5, 5.41) is 3.36. The second kappa shape index (κ2) is 4.66. The Hall–Kier alpha value is -0.350. The van der Waals surface area contributed by atoms with Gasteiger partial charge in [0, 0.05) is 12.7 Å². The van der Waals surface area contributed by atoms with Gasteiger partial charge in [-0.25, -0.2) is 9.97 Å². The first-order valence-corrected chi connectivity index (χ1v) is 6.27. The van der Waals surface area contributed by atoms with Crippen molar-refractivity contribution in [2.75, 3.05) is 11.9 Å². The molecule has 82 valence electrons. The summed E-state index contributed by atoms with van der Waals surface area (Å²) >= 11 is 9.54. The van der Waals surface area contributed by atoms with Crippen molar-refractivity contribution in [3.8, 4) is 0 Å². The molecular weight excluding hydrogens is 277 g/mol.